The lowest BCUT2D eigenvalue weighted by Crippen LogP contribution is -2.71. The van der Waals surface area contributed by atoms with Crippen molar-refractivity contribution in [3.8, 4) is 5.75 Å². The van der Waals surface area contributed by atoms with Crippen molar-refractivity contribution in [2.75, 3.05) is 0 Å². The molecule has 8 heteroatoms. The predicted octanol–water partition coefficient (Wildman–Crippen LogP) is 4.89. The molecule has 4 aliphatic rings. The zero-order valence-corrected chi connectivity index (χ0v) is 23.9. The normalized spacial score (nSPS) is 35.8. The number of hydrogen-bond donors (Lipinski definition) is 4. The summed E-state index contributed by atoms with van der Waals surface area (Å²) in [5.74, 6) is -7.43. The molecule has 4 N–H and O–H groups in total. The summed E-state index contributed by atoms with van der Waals surface area (Å²) in [6.07, 6.45) is 2.29. The number of benzene rings is 1. The molecular weight excluding hydrogens is 512 g/mol. The van der Waals surface area contributed by atoms with Gasteiger partial charge < -0.3 is 20.4 Å². The number of phenols is 1. The Labute approximate surface area is 233 Å². The van der Waals surface area contributed by atoms with Crippen LogP contribution in [0.4, 0.5) is 0 Å². The average Bonchev–Trinajstić information content (AvgIpc) is 2.82. The lowest BCUT2D eigenvalue weighted by molar-refractivity contribution is -0.194. The highest BCUT2D eigenvalue weighted by Gasteiger charge is 2.75. The molecule has 8 nitrogen and oxygen atoms in total. The Morgan fingerprint density at radius 3 is 2.23 bits per heavy atom. The van der Waals surface area contributed by atoms with Gasteiger partial charge in [0, 0.05) is 34.7 Å². The monoisotopic (exact) mass is 550 g/mol. The van der Waals surface area contributed by atoms with Gasteiger partial charge in [0.2, 0.25) is 5.78 Å². The number of carbonyl (C=O) groups is 4. The Bertz CT molecular complexity index is 1430. The van der Waals surface area contributed by atoms with Gasteiger partial charge >= 0.3 is 0 Å². The molecule has 5 rings (SSSR count). The highest BCUT2D eigenvalue weighted by atomic mass is 16.4. The van der Waals surface area contributed by atoms with Gasteiger partial charge in [-0.2, -0.15) is 0 Å². The number of aliphatic hydroxyl groups is 3. The molecule has 0 aliphatic heterocycles. The summed E-state index contributed by atoms with van der Waals surface area (Å²) in [7, 11) is 0. The standard InChI is InChI=1S/C32H38O8/c1-14(2)24-26(36)22(16(4)33)28(38)32(40)29(39)25-27(37)23-18(11-8-12-19(23)34)15(3)30(25,5)21(31(24,32)6)13-20(35)17-9-7-10-17/h8,11-12,14-15,17,21,24,34,36,39-40H,7,9-10,13H2,1-6H3/t15-,21-,24?,30-,31-,32+/m1/s1. The molecular formula is C32H38O8. The van der Waals surface area contributed by atoms with Gasteiger partial charge in [0.25, 0.3) is 0 Å². The van der Waals surface area contributed by atoms with E-state index in [4.69, 9.17) is 0 Å². The van der Waals surface area contributed by atoms with E-state index in [0.29, 0.717) is 5.56 Å². The molecule has 1 aromatic rings. The molecule has 1 saturated carbocycles. The van der Waals surface area contributed by atoms with E-state index in [1.165, 1.54) is 6.07 Å². The summed E-state index contributed by atoms with van der Waals surface area (Å²) in [5, 5.41) is 46.7. The second-order valence-electron chi connectivity index (χ2n) is 13.0. The summed E-state index contributed by atoms with van der Waals surface area (Å²) in [4.78, 5) is 54.7. The van der Waals surface area contributed by atoms with E-state index in [0.717, 1.165) is 26.2 Å². The number of hydrogen-bond acceptors (Lipinski definition) is 8. The Morgan fingerprint density at radius 1 is 1.07 bits per heavy atom. The number of fused-ring (bicyclic) bond motifs is 3. The molecule has 0 bridgehead atoms. The van der Waals surface area contributed by atoms with Crippen molar-refractivity contribution in [3.63, 3.8) is 0 Å². The molecule has 1 fully saturated rings. The summed E-state index contributed by atoms with van der Waals surface area (Å²) in [6.45, 7) is 9.87. The number of phenolic OH excluding ortho intramolecular Hbond substituents is 1. The first kappa shape index (κ1) is 28.3. The van der Waals surface area contributed by atoms with Gasteiger partial charge in [-0.1, -0.05) is 53.2 Å². The Morgan fingerprint density at radius 2 is 1.70 bits per heavy atom. The van der Waals surface area contributed by atoms with Crippen LogP contribution in [0.3, 0.4) is 0 Å². The van der Waals surface area contributed by atoms with Crippen LogP contribution in [0, 0.1) is 34.5 Å². The van der Waals surface area contributed by atoms with Gasteiger partial charge in [0.15, 0.2) is 17.2 Å². The highest BCUT2D eigenvalue weighted by molar-refractivity contribution is 6.25. The van der Waals surface area contributed by atoms with Crippen molar-refractivity contribution < 1.29 is 39.6 Å². The maximum absolute atomic E-state index is 14.2. The first-order valence-corrected chi connectivity index (χ1v) is 14.1. The number of allylic oxidation sites excluding steroid dienone is 2. The smallest absolute Gasteiger partial charge is 0.209 e. The maximum atomic E-state index is 14.2. The lowest BCUT2D eigenvalue weighted by atomic mass is 9.38. The van der Waals surface area contributed by atoms with E-state index in [1.54, 1.807) is 39.8 Å². The van der Waals surface area contributed by atoms with E-state index < -0.39 is 74.5 Å². The minimum absolute atomic E-state index is 0.0286. The van der Waals surface area contributed by atoms with Gasteiger partial charge in [-0.05, 0) is 49.1 Å². The van der Waals surface area contributed by atoms with Crippen LogP contribution in [0.25, 0.3) is 0 Å². The van der Waals surface area contributed by atoms with Crippen LogP contribution in [0.5, 0.6) is 5.75 Å². The highest BCUT2D eigenvalue weighted by Crippen LogP contribution is 2.71. The molecule has 4 aliphatic carbocycles. The Balaban J connectivity index is 1.91. The Hall–Kier alpha value is -3.26. The molecule has 0 amide bonds. The van der Waals surface area contributed by atoms with Crippen molar-refractivity contribution in [2.24, 2.45) is 34.5 Å². The summed E-state index contributed by atoms with van der Waals surface area (Å²) >= 11 is 0. The van der Waals surface area contributed by atoms with Crippen LogP contribution < -0.4 is 0 Å². The fourth-order valence-corrected chi connectivity index (χ4v) is 8.63. The summed E-state index contributed by atoms with van der Waals surface area (Å²) in [6, 6.07) is 4.71. The molecule has 6 atom stereocenters. The predicted molar refractivity (Wildman–Crippen MR) is 146 cm³/mol. The second kappa shape index (κ2) is 8.87. The van der Waals surface area contributed by atoms with Gasteiger partial charge in [0.05, 0.1) is 5.56 Å². The summed E-state index contributed by atoms with van der Waals surface area (Å²) < 4.78 is 0. The number of aromatic hydroxyl groups is 1. The topological polar surface area (TPSA) is 149 Å². The van der Waals surface area contributed by atoms with Crippen molar-refractivity contribution >= 4 is 23.1 Å². The summed E-state index contributed by atoms with van der Waals surface area (Å²) in [5.41, 5.74) is -6.06. The van der Waals surface area contributed by atoms with Gasteiger partial charge in [0.1, 0.15) is 28.6 Å². The van der Waals surface area contributed by atoms with E-state index in [9.17, 15) is 39.6 Å². The lowest BCUT2D eigenvalue weighted by Gasteiger charge is -2.65. The fraction of sp³-hybridized carbons (Fsp3) is 0.562. The molecule has 1 aromatic carbocycles. The van der Waals surface area contributed by atoms with Crippen molar-refractivity contribution in [2.45, 2.75) is 78.7 Å². The molecule has 0 saturated heterocycles. The van der Waals surface area contributed by atoms with E-state index in [2.05, 4.69) is 0 Å². The van der Waals surface area contributed by atoms with Gasteiger partial charge in [-0.3, -0.25) is 19.2 Å². The van der Waals surface area contributed by atoms with Crippen molar-refractivity contribution in [3.05, 3.63) is 52.0 Å². The first-order valence-electron chi connectivity index (χ1n) is 14.1. The molecule has 40 heavy (non-hydrogen) atoms. The number of ketones is 4. The minimum Gasteiger partial charge on any atom is -0.511 e. The molecule has 1 unspecified atom stereocenters. The van der Waals surface area contributed by atoms with Gasteiger partial charge in [-0.25, -0.2) is 0 Å². The number of carbonyl (C=O) groups excluding carboxylic acids is 4. The molecule has 0 aromatic heterocycles. The SMILES string of the molecule is CC(=O)C1=C(O)C(C(C)C)[C@@]2(C)[C@H](CC(=O)C3CCC3)[C@]3(C)C(=C(O)[C@@]2(O)C1=O)C(=O)c1c(O)cccc1[C@H]3C. The fourth-order valence-electron chi connectivity index (χ4n) is 8.63. The number of aliphatic hydroxyl groups excluding tert-OH is 2. The van der Waals surface area contributed by atoms with E-state index in [1.807, 2.05) is 6.92 Å². The van der Waals surface area contributed by atoms with E-state index in [-0.39, 0.29) is 35.0 Å². The number of rotatable bonds is 5. The van der Waals surface area contributed by atoms with E-state index >= 15 is 0 Å². The second-order valence-corrected chi connectivity index (χ2v) is 13.0. The molecule has 0 heterocycles. The minimum atomic E-state index is -2.77. The Kier molecular flexibility index (Phi) is 6.27. The quantitative estimate of drug-likeness (QED) is 0.379. The molecule has 214 valence electrons. The van der Waals surface area contributed by atoms with Crippen LogP contribution in [-0.2, 0) is 14.4 Å². The zero-order valence-electron chi connectivity index (χ0n) is 23.9. The third kappa shape index (κ3) is 3.17. The van der Waals surface area contributed by atoms with Gasteiger partial charge in [-0.15, -0.1) is 0 Å². The number of Topliss-reactive ketones (excluding diaryl/α,β-unsaturated/α-hetero) is 4. The van der Waals surface area contributed by atoms with Crippen molar-refractivity contribution in [1.82, 2.24) is 0 Å². The third-order valence-corrected chi connectivity index (χ3v) is 11.0. The molecule has 0 spiro atoms. The van der Waals surface area contributed by atoms with Crippen LogP contribution >= 0.6 is 0 Å². The van der Waals surface area contributed by atoms with Crippen LogP contribution in [0.1, 0.15) is 89.1 Å². The van der Waals surface area contributed by atoms with Crippen LogP contribution in [0.2, 0.25) is 0 Å². The largest absolute Gasteiger partial charge is 0.511 e. The zero-order chi connectivity index (χ0) is 29.7. The van der Waals surface area contributed by atoms with Crippen LogP contribution in [0.15, 0.2) is 40.9 Å². The molecule has 0 radical (unpaired) electrons. The average molecular weight is 551 g/mol. The first-order chi connectivity index (χ1) is 18.6. The maximum Gasteiger partial charge on any atom is 0.209 e. The third-order valence-electron chi connectivity index (χ3n) is 11.0. The van der Waals surface area contributed by atoms with Crippen LogP contribution in [-0.4, -0.2) is 49.2 Å². The van der Waals surface area contributed by atoms with Crippen molar-refractivity contribution in [1.29, 1.82) is 0 Å².